The monoisotopic (exact) mass is 444 g/mol. The van der Waals surface area contributed by atoms with Crippen molar-refractivity contribution < 1.29 is 13.2 Å². The molecule has 2 aromatic rings. The molecule has 0 N–H and O–H groups in total. The van der Waals surface area contributed by atoms with Gasteiger partial charge in [-0.25, -0.2) is 8.42 Å². The summed E-state index contributed by atoms with van der Waals surface area (Å²) < 4.78 is 28.7. The maximum atomic E-state index is 12.8. The minimum Gasteiger partial charge on any atom is -0.340 e. The lowest BCUT2D eigenvalue weighted by Gasteiger charge is -2.34. The molecule has 3 rings (SSSR count). The fraction of sp³-hybridized carbons (Fsp3) is 0.444. The van der Waals surface area contributed by atoms with Crippen LogP contribution in [-0.2, 0) is 28.3 Å². The van der Waals surface area contributed by atoms with E-state index < -0.39 is 10.0 Å². The van der Waals surface area contributed by atoms with E-state index in [0.29, 0.717) is 31.0 Å². The summed E-state index contributed by atoms with van der Waals surface area (Å²) in [6, 6.07) is 4.27. The molecule has 0 unspecified atom stereocenters. The van der Waals surface area contributed by atoms with Crippen LogP contribution >= 0.6 is 23.2 Å². The Hall–Kier alpha value is -1.61. The third kappa shape index (κ3) is 4.51. The maximum absolute atomic E-state index is 12.8. The van der Waals surface area contributed by atoms with E-state index in [0.717, 1.165) is 11.3 Å². The molecule has 1 aliphatic rings. The van der Waals surface area contributed by atoms with E-state index >= 15 is 0 Å². The fourth-order valence-electron chi connectivity index (χ4n) is 3.26. The normalized spacial score (nSPS) is 15.8. The highest BCUT2D eigenvalue weighted by atomic mass is 35.5. The number of carbonyl (C=O) groups excluding carboxylic acids is 1. The molecule has 1 aromatic carbocycles. The highest BCUT2D eigenvalue weighted by molar-refractivity contribution is 7.89. The number of amides is 1. The minimum atomic E-state index is -3.67. The summed E-state index contributed by atoms with van der Waals surface area (Å²) in [6.45, 7) is 3.16. The molecule has 0 saturated carbocycles. The summed E-state index contributed by atoms with van der Waals surface area (Å²) in [5.41, 5.74) is 1.98. The van der Waals surface area contributed by atoms with Crippen molar-refractivity contribution in [1.82, 2.24) is 19.0 Å². The summed E-state index contributed by atoms with van der Waals surface area (Å²) in [4.78, 5) is 14.3. The van der Waals surface area contributed by atoms with E-state index in [4.69, 9.17) is 23.2 Å². The SMILES string of the molecule is Cc1nn(C)cc1CCC(=O)N1CCN(S(=O)(=O)c2ccc(Cl)c(Cl)c2)CC1. The smallest absolute Gasteiger partial charge is 0.243 e. The van der Waals surface area contributed by atoms with Crippen LogP contribution in [-0.4, -0.2) is 59.5 Å². The lowest BCUT2D eigenvalue weighted by Crippen LogP contribution is -2.50. The number of halogens is 2. The molecule has 0 spiro atoms. The summed E-state index contributed by atoms with van der Waals surface area (Å²) >= 11 is 11.8. The third-order valence-electron chi connectivity index (χ3n) is 4.84. The van der Waals surface area contributed by atoms with Crippen LogP contribution in [0.1, 0.15) is 17.7 Å². The number of carbonyl (C=O) groups is 1. The van der Waals surface area contributed by atoms with E-state index in [-0.39, 0.29) is 28.9 Å². The predicted octanol–water partition coefficient (Wildman–Crippen LogP) is 2.50. The van der Waals surface area contributed by atoms with E-state index in [1.807, 2.05) is 20.2 Å². The molecular weight excluding hydrogens is 423 g/mol. The number of hydrogen-bond donors (Lipinski definition) is 0. The van der Waals surface area contributed by atoms with E-state index in [1.165, 1.54) is 22.5 Å². The van der Waals surface area contributed by atoms with Crippen LogP contribution < -0.4 is 0 Å². The van der Waals surface area contributed by atoms with Crippen molar-refractivity contribution in [3.8, 4) is 0 Å². The predicted molar refractivity (Wildman–Crippen MR) is 108 cm³/mol. The van der Waals surface area contributed by atoms with Crippen LogP contribution in [0.3, 0.4) is 0 Å². The molecule has 152 valence electrons. The third-order valence-corrected chi connectivity index (χ3v) is 7.48. The van der Waals surface area contributed by atoms with Gasteiger partial charge in [0.05, 0.1) is 20.6 Å². The van der Waals surface area contributed by atoms with Crippen molar-refractivity contribution in [3.05, 3.63) is 45.7 Å². The van der Waals surface area contributed by atoms with Gasteiger partial charge in [0.15, 0.2) is 0 Å². The first kappa shape index (κ1) is 21.1. The maximum Gasteiger partial charge on any atom is 0.243 e. The second-order valence-electron chi connectivity index (χ2n) is 6.77. The molecule has 0 atom stereocenters. The second kappa shape index (κ2) is 8.41. The molecule has 0 aliphatic carbocycles. The molecule has 0 radical (unpaired) electrons. The first-order valence-corrected chi connectivity index (χ1v) is 11.1. The molecule has 1 aromatic heterocycles. The Kier molecular flexibility index (Phi) is 6.34. The Bertz CT molecular complexity index is 983. The molecule has 10 heteroatoms. The zero-order valence-electron chi connectivity index (χ0n) is 15.7. The van der Waals surface area contributed by atoms with Crippen LogP contribution in [0.15, 0.2) is 29.3 Å². The van der Waals surface area contributed by atoms with Crippen LogP contribution in [0.4, 0.5) is 0 Å². The number of rotatable bonds is 5. The van der Waals surface area contributed by atoms with Gasteiger partial charge in [-0.3, -0.25) is 9.48 Å². The van der Waals surface area contributed by atoms with Crippen LogP contribution in [0.5, 0.6) is 0 Å². The topological polar surface area (TPSA) is 75.5 Å². The number of aromatic nitrogens is 2. The molecule has 0 bridgehead atoms. The summed E-state index contributed by atoms with van der Waals surface area (Å²) in [6.07, 6.45) is 2.93. The molecular formula is C18H22Cl2N4O3S. The van der Waals surface area contributed by atoms with Crippen LogP contribution in [0, 0.1) is 6.92 Å². The van der Waals surface area contributed by atoms with Crippen LogP contribution in [0.2, 0.25) is 10.0 Å². The number of benzene rings is 1. The second-order valence-corrected chi connectivity index (χ2v) is 9.53. The largest absolute Gasteiger partial charge is 0.340 e. The van der Waals surface area contributed by atoms with E-state index in [2.05, 4.69) is 5.10 Å². The van der Waals surface area contributed by atoms with E-state index in [1.54, 1.807) is 9.58 Å². The first-order valence-electron chi connectivity index (χ1n) is 8.90. The lowest BCUT2D eigenvalue weighted by molar-refractivity contribution is -0.132. The number of sulfonamides is 1. The standard InChI is InChI=1S/C18H22Cl2N4O3S/c1-13-14(12-22(2)21-13)3-6-18(25)23-7-9-24(10-8-23)28(26,27)15-4-5-16(19)17(20)11-15/h4-5,11-12H,3,6-10H2,1-2H3. The summed E-state index contributed by atoms with van der Waals surface area (Å²) in [7, 11) is -1.81. The highest BCUT2D eigenvalue weighted by Gasteiger charge is 2.30. The molecule has 1 fully saturated rings. The molecule has 1 amide bonds. The Morgan fingerprint density at radius 2 is 1.82 bits per heavy atom. The molecule has 2 heterocycles. The van der Waals surface area contributed by atoms with Crippen molar-refractivity contribution in [2.45, 2.75) is 24.7 Å². The fourth-order valence-corrected chi connectivity index (χ4v) is 5.07. The van der Waals surface area contributed by atoms with Gasteiger partial charge in [-0.05, 0) is 37.1 Å². The molecule has 1 aliphatic heterocycles. The number of aryl methyl sites for hydroxylation is 3. The number of hydrogen-bond acceptors (Lipinski definition) is 4. The number of nitrogens with zero attached hydrogens (tertiary/aromatic N) is 4. The van der Waals surface area contributed by atoms with E-state index in [9.17, 15) is 13.2 Å². The molecule has 7 nitrogen and oxygen atoms in total. The van der Waals surface area contributed by atoms with Crippen LogP contribution in [0.25, 0.3) is 0 Å². The van der Waals surface area contributed by atoms with Crippen molar-refractivity contribution in [2.75, 3.05) is 26.2 Å². The Morgan fingerprint density at radius 1 is 1.14 bits per heavy atom. The summed E-state index contributed by atoms with van der Waals surface area (Å²) in [5, 5.41) is 4.78. The van der Waals surface area contributed by atoms with Gasteiger partial charge in [0, 0.05) is 45.8 Å². The van der Waals surface area contributed by atoms with Gasteiger partial charge in [0.1, 0.15) is 0 Å². The molecule has 28 heavy (non-hydrogen) atoms. The zero-order chi connectivity index (χ0) is 20.5. The van der Waals surface area contributed by atoms with Gasteiger partial charge < -0.3 is 4.90 Å². The van der Waals surface area contributed by atoms with Gasteiger partial charge in [0.2, 0.25) is 15.9 Å². The van der Waals surface area contributed by atoms with Gasteiger partial charge in [-0.1, -0.05) is 23.2 Å². The van der Waals surface area contributed by atoms with Crippen molar-refractivity contribution in [2.24, 2.45) is 7.05 Å². The minimum absolute atomic E-state index is 0.0230. The Labute approximate surface area is 174 Å². The van der Waals surface area contributed by atoms with Gasteiger partial charge in [-0.2, -0.15) is 9.40 Å². The molecule has 1 saturated heterocycles. The average Bonchev–Trinajstić information content (AvgIpc) is 2.99. The number of piperazine rings is 1. The average molecular weight is 445 g/mol. The van der Waals surface area contributed by atoms with Crippen molar-refractivity contribution in [3.63, 3.8) is 0 Å². The van der Waals surface area contributed by atoms with Gasteiger partial charge in [0.25, 0.3) is 0 Å². The summed E-state index contributed by atoms with van der Waals surface area (Å²) in [5.74, 6) is 0.0230. The first-order chi connectivity index (χ1) is 13.2. The highest BCUT2D eigenvalue weighted by Crippen LogP contribution is 2.27. The quantitative estimate of drug-likeness (QED) is 0.709. The Balaban J connectivity index is 1.58. The Morgan fingerprint density at radius 3 is 2.39 bits per heavy atom. The van der Waals surface area contributed by atoms with Gasteiger partial charge in [-0.15, -0.1) is 0 Å². The lowest BCUT2D eigenvalue weighted by atomic mass is 10.1. The van der Waals surface area contributed by atoms with Crippen molar-refractivity contribution >= 4 is 39.1 Å². The zero-order valence-corrected chi connectivity index (χ0v) is 18.1. The van der Waals surface area contributed by atoms with Gasteiger partial charge >= 0.3 is 0 Å². The van der Waals surface area contributed by atoms with Crippen molar-refractivity contribution in [1.29, 1.82) is 0 Å².